The first-order valence-corrected chi connectivity index (χ1v) is 10.3. The van der Waals surface area contributed by atoms with E-state index in [0.717, 1.165) is 36.6 Å². The van der Waals surface area contributed by atoms with Gasteiger partial charge in [0.05, 0.1) is 11.5 Å². The number of aromatic nitrogens is 1. The number of hydrogen-bond acceptors (Lipinski definition) is 4. The third-order valence-corrected chi connectivity index (χ3v) is 5.40. The van der Waals surface area contributed by atoms with Gasteiger partial charge in [-0.2, -0.15) is 0 Å². The minimum absolute atomic E-state index is 0.0978. The number of nitro benzene ring substituents is 1. The van der Waals surface area contributed by atoms with Crippen molar-refractivity contribution in [3.8, 4) is 0 Å². The minimum Gasteiger partial charge on any atom is -0.356 e. The Morgan fingerprint density at radius 1 is 1.21 bits per heavy atom. The van der Waals surface area contributed by atoms with Crippen LogP contribution in [0.2, 0.25) is 0 Å². The molecule has 7 nitrogen and oxygen atoms in total. The first kappa shape index (κ1) is 20.8. The molecule has 7 heteroatoms. The summed E-state index contributed by atoms with van der Waals surface area (Å²) >= 11 is 0. The Bertz CT molecular complexity index is 808. The Hall–Kier alpha value is -2.96. The zero-order valence-electron chi connectivity index (χ0n) is 16.9. The van der Waals surface area contributed by atoms with Crippen LogP contribution in [-0.2, 0) is 13.0 Å². The molecule has 1 aliphatic rings. The molecule has 29 heavy (non-hydrogen) atoms. The van der Waals surface area contributed by atoms with Crippen LogP contribution in [0.15, 0.2) is 53.7 Å². The van der Waals surface area contributed by atoms with E-state index in [1.807, 2.05) is 18.2 Å². The molecule has 154 valence electrons. The quantitative estimate of drug-likeness (QED) is 0.322. The number of nitro groups is 1. The highest BCUT2D eigenvalue weighted by molar-refractivity contribution is 5.80. The molecule has 2 unspecified atom stereocenters. The molecule has 3 rings (SSSR count). The molecular formula is C22H29N5O2. The summed E-state index contributed by atoms with van der Waals surface area (Å²) in [6.07, 6.45) is 7.55. The van der Waals surface area contributed by atoms with Crippen molar-refractivity contribution in [1.82, 2.24) is 15.6 Å². The molecule has 0 saturated heterocycles. The number of hydrogen-bond donors (Lipinski definition) is 2. The maximum absolute atomic E-state index is 10.8. The molecule has 0 aliphatic heterocycles. The fourth-order valence-electron chi connectivity index (χ4n) is 3.61. The average Bonchev–Trinajstić information content (AvgIpc) is 2.74. The fraction of sp³-hybridized carbons (Fsp3) is 0.455. The van der Waals surface area contributed by atoms with E-state index in [-0.39, 0.29) is 10.6 Å². The van der Waals surface area contributed by atoms with Crippen LogP contribution in [0.3, 0.4) is 0 Å². The molecule has 2 aromatic rings. The summed E-state index contributed by atoms with van der Waals surface area (Å²) in [5.41, 5.74) is 2.08. The van der Waals surface area contributed by atoms with Gasteiger partial charge < -0.3 is 10.6 Å². The second-order valence-corrected chi connectivity index (χ2v) is 7.60. The van der Waals surface area contributed by atoms with E-state index in [0.29, 0.717) is 18.5 Å². The molecule has 1 aromatic carbocycles. The molecule has 2 N–H and O–H groups in total. The van der Waals surface area contributed by atoms with Crippen molar-refractivity contribution < 1.29 is 4.92 Å². The van der Waals surface area contributed by atoms with Crippen molar-refractivity contribution in [1.29, 1.82) is 0 Å². The molecule has 2 atom stereocenters. The predicted molar refractivity (Wildman–Crippen MR) is 115 cm³/mol. The third-order valence-electron chi connectivity index (χ3n) is 5.40. The van der Waals surface area contributed by atoms with E-state index in [9.17, 15) is 10.1 Å². The summed E-state index contributed by atoms with van der Waals surface area (Å²) in [4.78, 5) is 19.5. The van der Waals surface area contributed by atoms with Crippen molar-refractivity contribution in [2.24, 2.45) is 10.9 Å². The van der Waals surface area contributed by atoms with Crippen LogP contribution in [0.25, 0.3) is 0 Å². The molecule has 1 saturated carbocycles. The van der Waals surface area contributed by atoms with Gasteiger partial charge in [-0.25, -0.2) is 4.99 Å². The highest BCUT2D eigenvalue weighted by atomic mass is 16.6. The third kappa shape index (κ3) is 6.55. The van der Waals surface area contributed by atoms with Crippen LogP contribution in [0.1, 0.15) is 43.9 Å². The number of nitrogens with zero attached hydrogens (tertiary/aromatic N) is 3. The van der Waals surface area contributed by atoms with Crippen LogP contribution in [-0.4, -0.2) is 28.5 Å². The summed E-state index contributed by atoms with van der Waals surface area (Å²) in [6.45, 7) is 3.50. The second kappa shape index (κ2) is 10.5. The van der Waals surface area contributed by atoms with Crippen molar-refractivity contribution in [2.75, 3.05) is 6.54 Å². The molecule has 0 spiro atoms. The largest absolute Gasteiger partial charge is 0.356 e. The maximum atomic E-state index is 10.8. The molecule has 0 radical (unpaired) electrons. The average molecular weight is 396 g/mol. The standard InChI is InChI=1S/C22H29N5O2/c1-17-6-2-3-8-21(17)26-22(24-15-13-19-7-4-5-14-23-19)25-16-18-9-11-20(12-10-18)27(28)29/h4-5,7,9-12,14,17,21H,2-3,6,8,13,15-16H2,1H3,(H2,24,25,26). The van der Waals surface area contributed by atoms with Gasteiger partial charge in [-0.05, 0) is 36.5 Å². The van der Waals surface area contributed by atoms with Crippen molar-refractivity contribution >= 4 is 11.6 Å². The molecular weight excluding hydrogens is 366 g/mol. The summed E-state index contributed by atoms with van der Waals surface area (Å²) in [5.74, 6) is 1.41. The maximum Gasteiger partial charge on any atom is 0.269 e. The Kier molecular flexibility index (Phi) is 7.55. The minimum atomic E-state index is -0.385. The SMILES string of the molecule is CC1CCCCC1NC(=NCc1ccc([N+](=O)[O-])cc1)NCCc1ccccn1. The van der Waals surface area contributed by atoms with Gasteiger partial charge in [-0.15, -0.1) is 0 Å². The van der Waals surface area contributed by atoms with E-state index in [2.05, 4.69) is 22.5 Å². The van der Waals surface area contributed by atoms with E-state index >= 15 is 0 Å². The lowest BCUT2D eigenvalue weighted by atomic mass is 9.86. The molecule has 0 amide bonds. The van der Waals surface area contributed by atoms with Crippen LogP contribution in [0, 0.1) is 16.0 Å². The topological polar surface area (TPSA) is 92.5 Å². The Morgan fingerprint density at radius 2 is 2.00 bits per heavy atom. The van der Waals surface area contributed by atoms with Crippen LogP contribution in [0.4, 0.5) is 5.69 Å². The van der Waals surface area contributed by atoms with E-state index in [1.54, 1.807) is 18.3 Å². The summed E-state index contributed by atoms with van der Waals surface area (Å²) in [6, 6.07) is 12.9. The number of nitrogens with one attached hydrogen (secondary N) is 2. The van der Waals surface area contributed by atoms with Crippen LogP contribution in [0.5, 0.6) is 0 Å². The number of rotatable bonds is 7. The van der Waals surface area contributed by atoms with Gasteiger partial charge in [0.15, 0.2) is 5.96 Å². The molecule has 0 bridgehead atoms. The molecule has 1 aromatic heterocycles. The van der Waals surface area contributed by atoms with E-state index < -0.39 is 0 Å². The highest BCUT2D eigenvalue weighted by Crippen LogP contribution is 2.23. The van der Waals surface area contributed by atoms with Gasteiger partial charge in [-0.1, -0.05) is 38.0 Å². The zero-order chi connectivity index (χ0) is 20.5. The summed E-state index contributed by atoms with van der Waals surface area (Å²) < 4.78 is 0. The number of benzene rings is 1. The lowest BCUT2D eigenvalue weighted by molar-refractivity contribution is -0.384. The summed E-state index contributed by atoms with van der Waals surface area (Å²) in [5, 5.41) is 17.8. The second-order valence-electron chi connectivity index (χ2n) is 7.60. The highest BCUT2D eigenvalue weighted by Gasteiger charge is 2.22. The smallest absolute Gasteiger partial charge is 0.269 e. The zero-order valence-corrected chi connectivity index (χ0v) is 16.9. The van der Waals surface area contributed by atoms with Gasteiger partial charge in [0, 0.05) is 43.0 Å². The molecule has 1 heterocycles. The van der Waals surface area contributed by atoms with Gasteiger partial charge in [-0.3, -0.25) is 15.1 Å². The fourth-order valence-corrected chi connectivity index (χ4v) is 3.61. The van der Waals surface area contributed by atoms with Crippen molar-refractivity contribution in [3.63, 3.8) is 0 Å². The van der Waals surface area contributed by atoms with E-state index in [4.69, 9.17) is 4.99 Å². The Morgan fingerprint density at radius 3 is 2.69 bits per heavy atom. The molecule has 1 aliphatic carbocycles. The van der Waals surface area contributed by atoms with Crippen LogP contribution < -0.4 is 10.6 Å². The van der Waals surface area contributed by atoms with Gasteiger partial charge in [0.1, 0.15) is 0 Å². The number of guanidine groups is 1. The lowest BCUT2D eigenvalue weighted by Crippen LogP contribution is -2.47. The van der Waals surface area contributed by atoms with E-state index in [1.165, 1.54) is 31.4 Å². The normalized spacial score (nSPS) is 19.6. The first-order chi connectivity index (χ1) is 14.1. The summed E-state index contributed by atoms with van der Waals surface area (Å²) in [7, 11) is 0. The lowest BCUT2D eigenvalue weighted by Gasteiger charge is -2.31. The van der Waals surface area contributed by atoms with Crippen LogP contribution >= 0.6 is 0 Å². The van der Waals surface area contributed by atoms with Crippen molar-refractivity contribution in [2.45, 2.75) is 51.6 Å². The van der Waals surface area contributed by atoms with Gasteiger partial charge in [0.2, 0.25) is 0 Å². The molecule has 1 fully saturated rings. The first-order valence-electron chi connectivity index (χ1n) is 10.3. The van der Waals surface area contributed by atoms with Gasteiger partial charge in [0.25, 0.3) is 5.69 Å². The monoisotopic (exact) mass is 395 g/mol. The predicted octanol–water partition coefficient (Wildman–Crippen LogP) is 3.85. The number of aliphatic imine (C=N–C) groups is 1. The van der Waals surface area contributed by atoms with Crippen molar-refractivity contribution in [3.05, 3.63) is 70.0 Å². The number of non-ortho nitro benzene ring substituents is 1. The Labute approximate surface area is 171 Å². The number of pyridine rings is 1. The van der Waals surface area contributed by atoms with Gasteiger partial charge >= 0.3 is 0 Å². The Balaban J connectivity index is 1.63.